The molecule has 3 aromatic rings. The maximum Gasteiger partial charge on any atom is 0.145 e. The zero-order valence-electron chi connectivity index (χ0n) is 21.1. The van der Waals surface area contributed by atoms with Gasteiger partial charge in [-0.1, -0.05) is 36.4 Å². The molecule has 0 bridgehead atoms. The molecule has 0 aliphatic rings. The van der Waals surface area contributed by atoms with Gasteiger partial charge in [-0.25, -0.2) is 0 Å². The number of methoxy groups -OCH3 is 2. The molecule has 0 radical (unpaired) electrons. The van der Waals surface area contributed by atoms with Gasteiger partial charge in [0, 0.05) is 13.2 Å². The molecule has 35 heavy (non-hydrogen) atoms. The lowest BCUT2D eigenvalue weighted by molar-refractivity contribution is -0.0897. The number of halogens is 1. The van der Waals surface area contributed by atoms with E-state index in [1.165, 1.54) is 0 Å². The zero-order chi connectivity index (χ0) is 24.6. The fourth-order valence-corrected chi connectivity index (χ4v) is 3.87. The van der Waals surface area contributed by atoms with Crippen LogP contribution in [0.15, 0.2) is 72.8 Å². The summed E-state index contributed by atoms with van der Waals surface area (Å²) in [4.78, 5) is 2.07. The maximum atomic E-state index is 12.4. The Bertz CT molecular complexity index is 1010. The molecule has 2 unspecified atom stereocenters. The van der Waals surface area contributed by atoms with Crippen molar-refractivity contribution in [3.63, 3.8) is 0 Å². The molecule has 0 saturated heterocycles. The van der Waals surface area contributed by atoms with Crippen molar-refractivity contribution in [1.29, 1.82) is 0 Å². The Morgan fingerprint density at radius 2 is 1.23 bits per heavy atom. The molecule has 0 aliphatic carbocycles. The second-order valence-electron chi connectivity index (χ2n) is 8.28. The van der Waals surface area contributed by atoms with Crippen LogP contribution in [0.4, 0.5) is 0 Å². The van der Waals surface area contributed by atoms with Crippen molar-refractivity contribution in [2.45, 2.75) is 18.6 Å². The Hall–Kier alpha value is -2.77. The molecule has 0 aliphatic heterocycles. The summed E-state index contributed by atoms with van der Waals surface area (Å²) in [6, 6.07) is 22.6. The van der Waals surface area contributed by atoms with Gasteiger partial charge >= 0.3 is 0 Å². The van der Waals surface area contributed by atoms with Crippen LogP contribution in [0.2, 0.25) is 0 Å². The van der Waals surface area contributed by atoms with Gasteiger partial charge in [0.05, 0.1) is 14.2 Å². The van der Waals surface area contributed by atoms with Gasteiger partial charge in [0.1, 0.15) is 35.6 Å². The molecule has 0 fully saturated rings. The molecule has 3 rings (SSSR count). The highest BCUT2D eigenvalue weighted by atomic mass is 35.5. The molecular formula is C28H36ClNO5. The number of nitrogens with zero attached hydrogens (tertiary/aromatic N) is 1. The van der Waals surface area contributed by atoms with E-state index in [-0.39, 0.29) is 12.4 Å². The van der Waals surface area contributed by atoms with E-state index in [0.717, 1.165) is 23.6 Å². The van der Waals surface area contributed by atoms with Crippen molar-refractivity contribution in [2.24, 2.45) is 0 Å². The number of hydrogen-bond donors (Lipinski definition) is 1. The molecule has 2 atom stereocenters. The summed E-state index contributed by atoms with van der Waals surface area (Å²) in [5.41, 5.74) is 0.780. The van der Waals surface area contributed by atoms with E-state index in [0.29, 0.717) is 30.1 Å². The van der Waals surface area contributed by atoms with Gasteiger partial charge in [0.25, 0.3) is 0 Å². The zero-order valence-corrected chi connectivity index (χ0v) is 21.9. The van der Waals surface area contributed by atoms with E-state index in [2.05, 4.69) is 4.90 Å². The van der Waals surface area contributed by atoms with Crippen LogP contribution in [0.25, 0.3) is 0 Å². The Morgan fingerprint density at radius 1 is 0.771 bits per heavy atom. The average Bonchev–Trinajstić information content (AvgIpc) is 2.87. The van der Waals surface area contributed by atoms with E-state index >= 15 is 0 Å². The van der Waals surface area contributed by atoms with Crippen molar-refractivity contribution in [3.05, 3.63) is 89.5 Å². The molecule has 190 valence electrons. The molecule has 0 aromatic heterocycles. The van der Waals surface area contributed by atoms with Crippen LogP contribution in [0, 0.1) is 0 Å². The second kappa shape index (κ2) is 13.4. The third-order valence-corrected chi connectivity index (χ3v) is 5.76. The summed E-state index contributed by atoms with van der Waals surface area (Å²) < 4.78 is 22.7. The maximum absolute atomic E-state index is 12.4. The molecule has 1 N–H and O–H groups in total. The van der Waals surface area contributed by atoms with E-state index in [4.69, 9.17) is 18.9 Å². The van der Waals surface area contributed by atoms with Crippen LogP contribution >= 0.6 is 12.4 Å². The number of benzene rings is 3. The van der Waals surface area contributed by atoms with Crippen LogP contribution < -0.4 is 14.2 Å². The van der Waals surface area contributed by atoms with E-state index in [1.807, 2.05) is 93.8 Å². The van der Waals surface area contributed by atoms with E-state index in [1.54, 1.807) is 14.2 Å². The van der Waals surface area contributed by atoms with Gasteiger partial charge in [0.2, 0.25) is 0 Å². The molecule has 0 saturated carbocycles. The van der Waals surface area contributed by atoms with Gasteiger partial charge in [-0.15, -0.1) is 12.4 Å². The largest absolute Gasteiger partial charge is 0.497 e. The minimum absolute atomic E-state index is 0. The van der Waals surface area contributed by atoms with Gasteiger partial charge in [-0.2, -0.15) is 0 Å². The van der Waals surface area contributed by atoms with Crippen LogP contribution in [-0.4, -0.2) is 58.1 Å². The molecular weight excluding hydrogens is 466 g/mol. The Morgan fingerprint density at radius 3 is 1.66 bits per heavy atom. The minimum atomic E-state index is -1.46. The SMILES string of the molecule is CCOC(c1ccc(OC)cc1)C(O)(c1ccc(OC)cc1)c1ccc(OCCN(C)C)cc1.Cl. The van der Waals surface area contributed by atoms with Crippen molar-refractivity contribution in [2.75, 3.05) is 48.1 Å². The van der Waals surface area contributed by atoms with Gasteiger partial charge in [-0.05, 0) is 74.1 Å². The third-order valence-electron chi connectivity index (χ3n) is 5.76. The summed E-state index contributed by atoms with van der Waals surface area (Å²) in [6.45, 7) is 3.76. The van der Waals surface area contributed by atoms with Crippen molar-refractivity contribution < 1.29 is 24.1 Å². The first-order valence-corrected chi connectivity index (χ1v) is 11.4. The standard InChI is InChI=1S/C28H35NO5.ClH/c1-6-33-27(21-7-13-24(31-4)14-8-21)28(30,22-9-15-25(32-5)16-10-22)23-11-17-26(18-12-23)34-20-19-29(2)3;/h7-18,27,30H,6,19-20H2,1-5H3;1H. The molecule has 0 amide bonds. The lowest BCUT2D eigenvalue weighted by atomic mass is 9.78. The molecule has 3 aromatic carbocycles. The van der Waals surface area contributed by atoms with Gasteiger partial charge in [-0.3, -0.25) is 0 Å². The lowest BCUT2D eigenvalue weighted by Crippen LogP contribution is -2.36. The van der Waals surface area contributed by atoms with Crippen molar-refractivity contribution in [3.8, 4) is 17.2 Å². The highest BCUT2D eigenvalue weighted by Crippen LogP contribution is 2.44. The van der Waals surface area contributed by atoms with Crippen LogP contribution in [0.1, 0.15) is 29.7 Å². The number of rotatable bonds is 12. The average molecular weight is 502 g/mol. The number of ether oxygens (including phenoxy) is 4. The summed E-state index contributed by atoms with van der Waals surface area (Å²) >= 11 is 0. The lowest BCUT2D eigenvalue weighted by Gasteiger charge is -2.37. The monoisotopic (exact) mass is 501 g/mol. The second-order valence-corrected chi connectivity index (χ2v) is 8.28. The first-order valence-electron chi connectivity index (χ1n) is 11.4. The summed E-state index contributed by atoms with van der Waals surface area (Å²) in [7, 11) is 7.27. The third kappa shape index (κ3) is 6.89. The first-order chi connectivity index (χ1) is 16.4. The predicted molar refractivity (Wildman–Crippen MR) is 141 cm³/mol. The highest BCUT2D eigenvalue weighted by Gasteiger charge is 2.42. The predicted octanol–water partition coefficient (Wildman–Crippen LogP) is 5.08. The summed E-state index contributed by atoms with van der Waals surface area (Å²) in [5, 5.41) is 12.4. The smallest absolute Gasteiger partial charge is 0.145 e. The normalized spacial score (nSPS) is 13.5. The van der Waals surface area contributed by atoms with E-state index < -0.39 is 11.7 Å². The summed E-state index contributed by atoms with van der Waals surface area (Å²) in [6.07, 6.45) is -0.655. The molecule has 0 spiro atoms. The summed E-state index contributed by atoms with van der Waals surface area (Å²) in [5.74, 6) is 2.21. The van der Waals surface area contributed by atoms with Crippen molar-refractivity contribution >= 4 is 12.4 Å². The minimum Gasteiger partial charge on any atom is -0.497 e. The van der Waals surface area contributed by atoms with Crippen LogP contribution in [0.5, 0.6) is 17.2 Å². The first kappa shape index (κ1) is 28.5. The molecule has 7 heteroatoms. The van der Waals surface area contributed by atoms with E-state index in [9.17, 15) is 5.11 Å². The fourth-order valence-electron chi connectivity index (χ4n) is 3.87. The molecule has 6 nitrogen and oxygen atoms in total. The van der Waals surface area contributed by atoms with Crippen molar-refractivity contribution in [1.82, 2.24) is 4.90 Å². The Kier molecular flexibility index (Phi) is 10.9. The Labute approximate surface area is 214 Å². The topological polar surface area (TPSA) is 60.4 Å². The molecule has 0 heterocycles. The Balaban J connectivity index is 0.00000432. The fraction of sp³-hybridized carbons (Fsp3) is 0.357. The highest BCUT2D eigenvalue weighted by molar-refractivity contribution is 5.85. The van der Waals surface area contributed by atoms with Gasteiger partial charge < -0.3 is 29.0 Å². The number of likely N-dealkylation sites (N-methyl/N-ethyl adjacent to an activating group) is 1. The van der Waals surface area contributed by atoms with Crippen LogP contribution in [0.3, 0.4) is 0 Å². The van der Waals surface area contributed by atoms with Crippen LogP contribution in [-0.2, 0) is 10.3 Å². The number of hydrogen-bond acceptors (Lipinski definition) is 6. The van der Waals surface area contributed by atoms with Gasteiger partial charge in [0.15, 0.2) is 0 Å². The number of aliphatic hydroxyl groups is 1. The quantitative estimate of drug-likeness (QED) is 0.373.